The molecule has 0 fully saturated rings. The van der Waals surface area contributed by atoms with Gasteiger partial charge >= 0.3 is 0 Å². The Labute approximate surface area is 133 Å². The van der Waals surface area contributed by atoms with Crippen LogP contribution < -0.4 is 4.74 Å². The molecule has 3 nitrogen and oxygen atoms in total. The van der Waals surface area contributed by atoms with Crippen molar-refractivity contribution in [1.29, 1.82) is 0 Å². The molecule has 0 saturated carbocycles. The molecule has 8 heteroatoms. The predicted octanol–water partition coefficient (Wildman–Crippen LogP) is 4.23. The van der Waals surface area contributed by atoms with Crippen molar-refractivity contribution in [3.63, 3.8) is 0 Å². The first-order valence-corrected chi connectivity index (χ1v) is 8.68. The third-order valence-corrected chi connectivity index (χ3v) is 4.33. The highest BCUT2D eigenvalue weighted by Crippen LogP contribution is 2.31. The van der Waals surface area contributed by atoms with Crippen LogP contribution in [0.4, 0.5) is 8.78 Å². The summed E-state index contributed by atoms with van der Waals surface area (Å²) in [7, 11) is 0.833. The van der Waals surface area contributed by atoms with Crippen LogP contribution in [0.15, 0.2) is 45.8 Å². The van der Waals surface area contributed by atoms with Crippen LogP contribution in [0.3, 0.4) is 0 Å². The van der Waals surface area contributed by atoms with Crippen molar-refractivity contribution in [2.75, 3.05) is 0 Å². The zero-order valence-corrected chi connectivity index (χ0v) is 13.5. The molecule has 0 saturated heterocycles. The summed E-state index contributed by atoms with van der Waals surface area (Å²) in [6.45, 7) is -0.0958. The van der Waals surface area contributed by atoms with E-state index in [1.807, 2.05) is 0 Å². The molecule has 0 unspecified atom stereocenters. The van der Waals surface area contributed by atoms with Gasteiger partial charge in [0.15, 0.2) is 11.6 Å². The van der Waals surface area contributed by atoms with Crippen molar-refractivity contribution >= 4 is 35.7 Å². The van der Waals surface area contributed by atoms with Gasteiger partial charge in [-0.2, -0.15) is 0 Å². The molecule has 0 aliphatic rings. The second-order valence-electron chi connectivity index (χ2n) is 4.07. The van der Waals surface area contributed by atoms with Crippen molar-refractivity contribution in [3.8, 4) is 5.75 Å². The minimum Gasteiger partial charge on any atom is -0.484 e. The van der Waals surface area contributed by atoms with E-state index in [9.17, 15) is 17.2 Å². The van der Waals surface area contributed by atoms with Crippen molar-refractivity contribution in [2.45, 2.75) is 11.5 Å². The molecule has 2 aromatic rings. The lowest BCUT2D eigenvalue weighted by atomic mass is 10.2. The molecule has 0 bridgehead atoms. The molecule has 2 aromatic carbocycles. The average molecular weight is 398 g/mol. The molecule has 2 rings (SSSR count). The smallest absolute Gasteiger partial charge is 0.265 e. The van der Waals surface area contributed by atoms with Gasteiger partial charge in [0.05, 0.1) is 0 Å². The first kappa shape index (κ1) is 16.2. The lowest BCUT2D eigenvalue weighted by molar-refractivity contribution is 0.280. The number of benzene rings is 2. The molecule has 0 amide bonds. The average Bonchev–Trinajstić information content (AvgIpc) is 2.36. The normalized spacial score (nSPS) is 11.4. The highest BCUT2D eigenvalue weighted by molar-refractivity contribution is 9.10. The Morgan fingerprint density at radius 1 is 1.19 bits per heavy atom. The van der Waals surface area contributed by atoms with Crippen LogP contribution in [0.25, 0.3) is 0 Å². The van der Waals surface area contributed by atoms with Gasteiger partial charge in [-0.25, -0.2) is 17.2 Å². The number of rotatable bonds is 4. The largest absolute Gasteiger partial charge is 0.484 e. The minimum absolute atomic E-state index is 0.0958. The number of hydrogen-bond acceptors (Lipinski definition) is 3. The van der Waals surface area contributed by atoms with Gasteiger partial charge in [-0.05, 0) is 23.8 Å². The van der Waals surface area contributed by atoms with Crippen molar-refractivity contribution in [1.82, 2.24) is 0 Å². The molecular weight excluding hydrogens is 390 g/mol. The quantitative estimate of drug-likeness (QED) is 0.725. The van der Waals surface area contributed by atoms with E-state index in [-0.39, 0.29) is 6.61 Å². The summed E-state index contributed by atoms with van der Waals surface area (Å²) in [6, 6.07) is 8.10. The van der Waals surface area contributed by atoms with E-state index in [1.165, 1.54) is 0 Å². The molecule has 0 aliphatic heterocycles. The number of ether oxygens (including phenoxy) is 1. The van der Waals surface area contributed by atoms with Gasteiger partial charge in [-0.15, -0.1) is 0 Å². The molecule has 0 aliphatic carbocycles. The van der Waals surface area contributed by atoms with Crippen LogP contribution in [-0.4, -0.2) is 8.42 Å². The summed E-state index contributed by atoms with van der Waals surface area (Å²) in [5.74, 6) is -2.79. The summed E-state index contributed by atoms with van der Waals surface area (Å²) in [5, 5.41) is 0. The van der Waals surface area contributed by atoms with Gasteiger partial charge in [0.2, 0.25) is 0 Å². The molecule has 0 aromatic heterocycles. The van der Waals surface area contributed by atoms with Crippen LogP contribution in [-0.2, 0) is 15.7 Å². The zero-order chi connectivity index (χ0) is 15.6. The van der Waals surface area contributed by atoms with Gasteiger partial charge in [0.25, 0.3) is 9.05 Å². The fourth-order valence-electron chi connectivity index (χ4n) is 1.64. The molecular formula is C13H8BrClF2O3S. The Bertz CT molecular complexity index is 781. The van der Waals surface area contributed by atoms with Crippen LogP contribution in [0, 0.1) is 11.6 Å². The number of halogens is 4. The molecule has 112 valence electrons. The molecule has 0 radical (unpaired) electrons. The third kappa shape index (κ3) is 4.15. The van der Waals surface area contributed by atoms with Crippen LogP contribution in [0.1, 0.15) is 5.56 Å². The van der Waals surface area contributed by atoms with E-state index in [0.29, 0.717) is 17.7 Å². The lowest BCUT2D eigenvalue weighted by Gasteiger charge is -2.11. The Hall–Kier alpha value is -1.18. The Kier molecular flexibility index (Phi) is 4.85. The Morgan fingerprint density at radius 2 is 1.90 bits per heavy atom. The monoisotopic (exact) mass is 396 g/mol. The predicted molar refractivity (Wildman–Crippen MR) is 77.9 cm³/mol. The topological polar surface area (TPSA) is 43.4 Å². The van der Waals surface area contributed by atoms with E-state index >= 15 is 0 Å². The third-order valence-electron chi connectivity index (χ3n) is 2.51. The summed E-state index contributed by atoms with van der Waals surface area (Å²) >= 11 is 3.26. The van der Waals surface area contributed by atoms with Gasteiger partial charge in [-0.1, -0.05) is 28.1 Å². The lowest BCUT2D eigenvalue weighted by Crippen LogP contribution is -2.04. The fraction of sp³-hybridized carbons (Fsp3) is 0.0769. The SMILES string of the molecule is O=S(=O)(Cl)c1cc(F)cc(F)c1OCc1cccc(Br)c1. The summed E-state index contributed by atoms with van der Waals surface area (Å²) in [5.41, 5.74) is 0.672. The van der Waals surface area contributed by atoms with Crippen LogP contribution in [0.2, 0.25) is 0 Å². The maximum atomic E-state index is 13.7. The highest BCUT2D eigenvalue weighted by Gasteiger charge is 2.22. The Morgan fingerprint density at radius 3 is 2.52 bits per heavy atom. The van der Waals surface area contributed by atoms with Crippen LogP contribution in [0.5, 0.6) is 5.75 Å². The van der Waals surface area contributed by atoms with Crippen LogP contribution >= 0.6 is 26.6 Å². The molecule has 0 spiro atoms. The molecule has 0 N–H and O–H groups in total. The molecule has 0 atom stereocenters. The first-order valence-electron chi connectivity index (χ1n) is 5.58. The van der Waals surface area contributed by atoms with Gasteiger partial charge in [0, 0.05) is 21.2 Å². The fourth-order valence-corrected chi connectivity index (χ4v) is 3.06. The maximum Gasteiger partial charge on any atom is 0.265 e. The van der Waals surface area contributed by atoms with E-state index in [2.05, 4.69) is 15.9 Å². The maximum absolute atomic E-state index is 13.7. The van der Waals surface area contributed by atoms with E-state index in [0.717, 1.165) is 4.47 Å². The Balaban J connectivity index is 2.36. The second-order valence-corrected chi connectivity index (χ2v) is 7.52. The van der Waals surface area contributed by atoms with E-state index in [4.69, 9.17) is 15.4 Å². The molecule has 0 heterocycles. The van der Waals surface area contributed by atoms with Crippen molar-refractivity contribution in [2.24, 2.45) is 0 Å². The van der Waals surface area contributed by atoms with E-state index in [1.54, 1.807) is 24.3 Å². The molecule has 21 heavy (non-hydrogen) atoms. The van der Waals surface area contributed by atoms with Gasteiger partial charge < -0.3 is 4.74 Å². The van der Waals surface area contributed by atoms with Crippen molar-refractivity contribution in [3.05, 3.63) is 58.1 Å². The van der Waals surface area contributed by atoms with Gasteiger partial charge in [-0.3, -0.25) is 0 Å². The van der Waals surface area contributed by atoms with E-state index < -0.39 is 31.3 Å². The first-order chi connectivity index (χ1) is 9.77. The van der Waals surface area contributed by atoms with Gasteiger partial charge in [0.1, 0.15) is 17.3 Å². The van der Waals surface area contributed by atoms with Crippen molar-refractivity contribution < 1.29 is 21.9 Å². The standard InChI is InChI=1S/C13H8BrClF2O3S/c14-9-3-1-2-8(4-9)7-20-13-11(17)5-10(16)6-12(13)21(15,18)19/h1-6H,7H2. The highest BCUT2D eigenvalue weighted by atomic mass is 79.9. The zero-order valence-electron chi connectivity index (χ0n) is 10.3. The summed E-state index contributed by atoms with van der Waals surface area (Å²) < 4.78 is 55.5. The second kappa shape index (κ2) is 6.29. The minimum atomic E-state index is -4.33. The summed E-state index contributed by atoms with van der Waals surface area (Å²) in [6.07, 6.45) is 0. The summed E-state index contributed by atoms with van der Waals surface area (Å²) in [4.78, 5) is -0.739. The number of hydrogen-bond donors (Lipinski definition) is 0.